The number of carbonyl (C=O) groups excluding carboxylic acids is 1. The van der Waals surface area contributed by atoms with Crippen LogP contribution in [-0.2, 0) is 14.9 Å². The molecule has 0 aliphatic rings. The summed E-state index contributed by atoms with van der Waals surface area (Å²) in [6.45, 7) is 3.27. The third kappa shape index (κ3) is 4.28. The van der Waals surface area contributed by atoms with Gasteiger partial charge in [-0.15, -0.1) is 11.3 Å². The van der Waals surface area contributed by atoms with Crippen LogP contribution in [-0.4, -0.2) is 31.5 Å². The first-order valence-corrected chi connectivity index (χ1v) is 9.03. The Bertz CT molecular complexity index is 873. The molecule has 0 saturated heterocycles. The number of hydrogen-bond donors (Lipinski definition) is 0. The van der Waals surface area contributed by atoms with Gasteiger partial charge in [0.15, 0.2) is 4.88 Å². The number of rotatable bonds is 5. The minimum absolute atomic E-state index is 0.0535. The van der Waals surface area contributed by atoms with Gasteiger partial charge in [-0.1, -0.05) is 29.8 Å². The Kier molecular flexibility index (Phi) is 5.37. The van der Waals surface area contributed by atoms with Gasteiger partial charge in [0.1, 0.15) is 5.01 Å². The van der Waals surface area contributed by atoms with Gasteiger partial charge < -0.3 is 8.92 Å². The standard InChI is InChI=1S/C14H12F3NO5S2/c1-3-22-13(19)10-11(23-25(20,21)14(15,16)17)18-12(24-10)9-6-4-8(2)5-7-9/h4-7H,3H2,1-2H3. The molecule has 0 N–H and O–H groups in total. The van der Waals surface area contributed by atoms with Crippen molar-refractivity contribution in [2.45, 2.75) is 19.4 Å². The van der Waals surface area contributed by atoms with Crippen LogP contribution in [0.2, 0.25) is 0 Å². The van der Waals surface area contributed by atoms with Gasteiger partial charge in [-0.25, -0.2) is 4.79 Å². The highest BCUT2D eigenvalue weighted by Gasteiger charge is 2.49. The first-order chi connectivity index (χ1) is 11.5. The molecule has 6 nitrogen and oxygen atoms in total. The maximum Gasteiger partial charge on any atom is 0.534 e. The molecule has 2 aromatic rings. The van der Waals surface area contributed by atoms with E-state index in [1.807, 2.05) is 6.92 Å². The maximum atomic E-state index is 12.5. The molecule has 0 fully saturated rings. The Balaban J connectivity index is 2.50. The number of ether oxygens (including phenoxy) is 1. The van der Waals surface area contributed by atoms with Crippen molar-refractivity contribution in [2.75, 3.05) is 6.61 Å². The van der Waals surface area contributed by atoms with Crippen LogP contribution in [0, 0.1) is 6.92 Å². The fourth-order valence-corrected chi connectivity index (χ4v) is 3.03. The number of aromatic nitrogens is 1. The molecule has 0 aliphatic heterocycles. The zero-order valence-electron chi connectivity index (χ0n) is 13.0. The molecule has 0 radical (unpaired) electrons. The topological polar surface area (TPSA) is 82.6 Å². The lowest BCUT2D eigenvalue weighted by atomic mass is 10.2. The van der Waals surface area contributed by atoms with Crippen LogP contribution in [0.5, 0.6) is 5.88 Å². The fraction of sp³-hybridized carbons (Fsp3) is 0.286. The summed E-state index contributed by atoms with van der Waals surface area (Å²) in [5.41, 5.74) is -4.23. The molecule has 1 aromatic heterocycles. The third-order valence-electron chi connectivity index (χ3n) is 2.83. The molecule has 0 atom stereocenters. The minimum atomic E-state index is -5.96. The molecule has 0 unspecified atom stereocenters. The van der Waals surface area contributed by atoms with Crippen molar-refractivity contribution in [1.82, 2.24) is 4.98 Å². The molecule has 1 heterocycles. The largest absolute Gasteiger partial charge is 0.534 e. The molecule has 0 spiro atoms. The van der Waals surface area contributed by atoms with Crippen molar-refractivity contribution in [3.63, 3.8) is 0 Å². The number of benzene rings is 1. The first kappa shape index (κ1) is 19.2. The number of alkyl halides is 3. The summed E-state index contributed by atoms with van der Waals surface area (Å²) in [5.74, 6) is -1.98. The van der Waals surface area contributed by atoms with E-state index in [0.29, 0.717) is 16.9 Å². The van der Waals surface area contributed by atoms with Gasteiger partial charge >= 0.3 is 21.6 Å². The van der Waals surface area contributed by atoms with Gasteiger partial charge in [-0.3, -0.25) is 0 Å². The van der Waals surface area contributed by atoms with E-state index >= 15 is 0 Å². The van der Waals surface area contributed by atoms with Gasteiger partial charge in [0.2, 0.25) is 0 Å². The van der Waals surface area contributed by atoms with E-state index in [-0.39, 0.29) is 11.6 Å². The van der Waals surface area contributed by atoms with E-state index in [1.54, 1.807) is 24.3 Å². The van der Waals surface area contributed by atoms with Crippen LogP contribution in [0.25, 0.3) is 10.6 Å². The summed E-state index contributed by atoms with van der Waals surface area (Å²) < 4.78 is 68.7. The summed E-state index contributed by atoms with van der Waals surface area (Å²) in [5, 5.41) is 0.121. The molecule has 11 heteroatoms. The van der Waals surface area contributed by atoms with Gasteiger partial charge in [0.05, 0.1) is 6.61 Å². The van der Waals surface area contributed by atoms with Crippen molar-refractivity contribution in [1.29, 1.82) is 0 Å². The van der Waals surface area contributed by atoms with Gasteiger partial charge in [0.25, 0.3) is 5.88 Å². The van der Waals surface area contributed by atoms with E-state index in [9.17, 15) is 26.4 Å². The highest BCUT2D eigenvalue weighted by atomic mass is 32.2. The van der Waals surface area contributed by atoms with Crippen molar-refractivity contribution < 1.29 is 35.3 Å². The molecule has 25 heavy (non-hydrogen) atoms. The first-order valence-electron chi connectivity index (χ1n) is 6.81. The second kappa shape index (κ2) is 7.00. The molecule has 0 aliphatic carbocycles. The monoisotopic (exact) mass is 395 g/mol. The average Bonchev–Trinajstić information content (AvgIpc) is 2.90. The lowest BCUT2D eigenvalue weighted by Gasteiger charge is -2.08. The zero-order valence-corrected chi connectivity index (χ0v) is 14.6. The van der Waals surface area contributed by atoms with Crippen LogP contribution < -0.4 is 4.18 Å². The summed E-state index contributed by atoms with van der Waals surface area (Å²) in [6.07, 6.45) is 0. The summed E-state index contributed by atoms with van der Waals surface area (Å²) in [4.78, 5) is 15.2. The van der Waals surface area contributed by atoms with Crippen LogP contribution in [0.3, 0.4) is 0 Å². The number of esters is 1. The number of aryl methyl sites for hydroxylation is 1. The number of hydrogen-bond acceptors (Lipinski definition) is 7. The third-order valence-corrected chi connectivity index (χ3v) is 4.84. The van der Waals surface area contributed by atoms with Crippen molar-refractivity contribution >= 4 is 27.4 Å². The van der Waals surface area contributed by atoms with E-state index in [0.717, 1.165) is 5.56 Å². The highest BCUT2D eigenvalue weighted by molar-refractivity contribution is 7.88. The van der Waals surface area contributed by atoms with Crippen molar-refractivity contribution in [2.24, 2.45) is 0 Å². The van der Waals surface area contributed by atoms with Gasteiger partial charge in [-0.2, -0.15) is 26.6 Å². The average molecular weight is 395 g/mol. The molecular formula is C14H12F3NO5S2. The Morgan fingerprint density at radius 1 is 1.24 bits per heavy atom. The van der Waals surface area contributed by atoms with Crippen molar-refractivity contribution in [3.8, 4) is 16.5 Å². The van der Waals surface area contributed by atoms with Crippen LogP contribution >= 0.6 is 11.3 Å². The summed E-state index contributed by atoms with van der Waals surface area (Å²) in [6, 6.07) is 6.72. The number of halogens is 3. The Labute approximate surface area is 145 Å². The van der Waals surface area contributed by atoms with E-state index in [4.69, 9.17) is 4.74 Å². The lowest BCUT2D eigenvalue weighted by Crippen LogP contribution is -2.28. The van der Waals surface area contributed by atoms with Crippen LogP contribution in [0.4, 0.5) is 13.2 Å². The molecule has 0 bridgehead atoms. The van der Waals surface area contributed by atoms with Crippen LogP contribution in [0.15, 0.2) is 24.3 Å². The van der Waals surface area contributed by atoms with E-state index in [1.165, 1.54) is 6.92 Å². The van der Waals surface area contributed by atoms with E-state index < -0.39 is 32.4 Å². The SMILES string of the molecule is CCOC(=O)c1sc(-c2ccc(C)cc2)nc1OS(=O)(=O)C(F)(F)F. The zero-order chi connectivity index (χ0) is 18.8. The maximum absolute atomic E-state index is 12.5. The smallest absolute Gasteiger partial charge is 0.462 e. The molecule has 2 rings (SSSR count). The Morgan fingerprint density at radius 3 is 2.36 bits per heavy atom. The normalized spacial score (nSPS) is 12.0. The molecule has 1 aromatic carbocycles. The van der Waals surface area contributed by atoms with Crippen molar-refractivity contribution in [3.05, 3.63) is 34.7 Å². The van der Waals surface area contributed by atoms with Gasteiger partial charge in [0, 0.05) is 5.56 Å². The van der Waals surface area contributed by atoms with Gasteiger partial charge in [-0.05, 0) is 13.8 Å². The predicted molar refractivity (Wildman–Crippen MR) is 83.8 cm³/mol. The predicted octanol–water partition coefficient (Wildman–Crippen LogP) is 3.52. The molecule has 0 amide bonds. The van der Waals surface area contributed by atoms with Crippen LogP contribution in [0.1, 0.15) is 22.2 Å². The number of carbonyl (C=O) groups is 1. The molecular weight excluding hydrogens is 383 g/mol. The van der Waals surface area contributed by atoms with E-state index in [2.05, 4.69) is 9.17 Å². The molecule has 136 valence electrons. The second-order valence-electron chi connectivity index (χ2n) is 4.72. The molecule has 0 saturated carbocycles. The Hall–Kier alpha value is -2.14. The summed E-state index contributed by atoms with van der Waals surface area (Å²) in [7, 11) is -5.96. The Morgan fingerprint density at radius 2 is 1.84 bits per heavy atom. The second-order valence-corrected chi connectivity index (χ2v) is 7.26. The lowest BCUT2D eigenvalue weighted by molar-refractivity contribution is -0.0501. The number of nitrogens with zero attached hydrogens (tertiary/aromatic N) is 1. The quantitative estimate of drug-likeness (QED) is 0.438. The summed E-state index contributed by atoms with van der Waals surface area (Å²) >= 11 is 0.675. The minimum Gasteiger partial charge on any atom is -0.462 e. The number of thiazole rings is 1. The fourth-order valence-electron chi connectivity index (χ4n) is 1.66. The highest BCUT2D eigenvalue weighted by Crippen LogP contribution is 2.36.